The number of methoxy groups -OCH3 is 1. The van der Waals surface area contributed by atoms with Crippen molar-refractivity contribution in [1.29, 1.82) is 0 Å². The molecule has 1 N–H and O–H groups in total. The van der Waals surface area contributed by atoms with Crippen LogP contribution >= 0.6 is 0 Å². The molecular formula is C9H15N3O3. The summed E-state index contributed by atoms with van der Waals surface area (Å²) in [4.78, 5) is 10.9. The molecule has 0 fully saturated rings. The molecule has 0 bridgehead atoms. The topological polar surface area (TPSA) is 77.2 Å². The van der Waals surface area contributed by atoms with E-state index in [2.05, 4.69) is 15.0 Å². The van der Waals surface area contributed by atoms with Crippen molar-refractivity contribution >= 4 is 5.97 Å². The minimum atomic E-state index is -1.01. The van der Waals surface area contributed by atoms with Gasteiger partial charge < -0.3 is 9.84 Å². The molecule has 0 saturated carbocycles. The molecule has 1 aromatic rings. The van der Waals surface area contributed by atoms with Gasteiger partial charge in [0.05, 0.1) is 26.3 Å². The zero-order valence-electron chi connectivity index (χ0n) is 9.10. The number of aliphatic hydroxyl groups is 1. The fourth-order valence-electron chi connectivity index (χ4n) is 0.996. The smallest absolute Gasteiger partial charge is 0.307 e. The van der Waals surface area contributed by atoms with E-state index >= 15 is 0 Å². The second-order valence-corrected chi connectivity index (χ2v) is 3.75. The maximum atomic E-state index is 10.9. The van der Waals surface area contributed by atoms with E-state index in [-0.39, 0.29) is 12.4 Å². The van der Waals surface area contributed by atoms with Crippen molar-refractivity contribution in [3.8, 4) is 0 Å². The molecule has 1 rings (SSSR count). The van der Waals surface area contributed by atoms with Crippen LogP contribution in [-0.4, -0.2) is 33.2 Å². The number of nitrogens with zero attached hydrogens (tertiary/aromatic N) is 3. The second-order valence-electron chi connectivity index (χ2n) is 3.75. The number of hydrogen-bond acceptors (Lipinski definition) is 5. The highest BCUT2D eigenvalue weighted by Crippen LogP contribution is 2.15. The Balaban J connectivity index is 2.58. The van der Waals surface area contributed by atoms with Crippen LogP contribution in [-0.2, 0) is 21.7 Å². The lowest BCUT2D eigenvalue weighted by atomic mass is 10.1. The first-order valence-corrected chi connectivity index (χ1v) is 4.63. The zero-order valence-corrected chi connectivity index (χ0v) is 9.10. The Hall–Kier alpha value is -1.43. The molecule has 6 nitrogen and oxygen atoms in total. The Morgan fingerprint density at radius 1 is 1.67 bits per heavy atom. The van der Waals surface area contributed by atoms with Gasteiger partial charge in [-0.15, -0.1) is 5.10 Å². The molecule has 84 valence electrons. The molecule has 0 aliphatic carbocycles. The molecule has 0 saturated heterocycles. The summed E-state index contributed by atoms with van der Waals surface area (Å²) in [6, 6.07) is 0. The third-order valence-electron chi connectivity index (χ3n) is 1.94. The third-order valence-corrected chi connectivity index (χ3v) is 1.94. The van der Waals surface area contributed by atoms with Crippen molar-refractivity contribution in [1.82, 2.24) is 15.0 Å². The summed E-state index contributed by atoms with van der Waals surface area (Å²) in [5.74, 6) is -0.296. The summed E-state index contributed by atoms with van der Waals surface area (Å²) in [7, 11) is 1.34. The Morgan fingerprint density at radius 2 is 2.33 bits per heavy atom. The van der Waals surface area contributed by atoms with Gasteiger partial charge in [-0.25, -0.2) is 0 Å². The van der Waals surface area contributed by atoms with Gasteiger partial charge in [0.25, 0.3) is 0 Å². The number of ether oxygens (including phenoxy) is 1. The summed E-state index contributed by atoms with van der Waals surface area (Å²) in [6.07, 6.45) is 1.86. The Labute approximate surface area is 87.9 Å². The lowest BCUT2D eigenvalue weighted by Crippen LogP contribution is -2.15. The average Bonchev–Trinajstić information content (AvgIpc) is 2.61. The summed E-state index contributed by atoms with van der Waals surface area (Å²) < 4.78 is 6.00. The highest BCUT2D eigenvalue weighted by Gasteiger charge is 2.20. The molecule has 1 heterocycles. The van der Waals surface area contributed by atoms with E-state index in [1.165, 1.54) is 11.8 Å². The quantitative estimate of drug-likeness (QED) is 0.716. The number of aryl methyl sites for hydroxylation is 1. The molecular weight excluding hydrogens is 198 g/mol. The number of rotatable bonds is 4. The predicted octanol–water partition coefficient (Wildman–Crippen LogP) is 0.0686. The minimum absolute atomic E-state index is 0.241. The van der Waals surface area contributed by atoms with Crippen LogP contribution < -0.4 is 0 Å². The highest BCUT2D eigenvalue weighted by atomic mass is 16.5. The molecule has 0 aromatic carbocycles. The van der Waals surface area contributed by atoms with Gasteiger partial charge in [-0.05, 0) is 13.8 Å². The Morgan fingerprint density at radius 3 is 2.80 bits per heavy atom. The maximum Gasteiger partial charge on any atom is 0.307 e. The molecule has 0 radical (unpaired) electrons. The standard InChI is InChI=1S/C9H15N3O3/c1-9(2,14)7-6-12(11-10-7)5-4-8(13)15-3/h6,14H,4-5H2,1-3H3. The number of carbonyl (C=O) groups excluding carboxylic acids is 1. The fraction of sp³-hybridized carbons (Fsp3) is 0.667. The van der Waals surface area contributed by atoms with Gasteiger partial charge in [0, 0.05) is 0 Å². The van der Waals surface area contributed by atoms with Gasteiger partial charge in [0.2, 0.25) is 0 Å². The summed E-state index contributed by atoms with van der Waals surface area (Å²) in [6.45, 7) is 3.65. The Kier molecular flexibility index (Phi) is 3.41. The molecule has 6 heteroatoms. The van der Waals surface area contributed by atoms with Crippen LogP contribution in [0.5, 0.6) is 0 Å². The SMILES string of the molecule is COC(=O)CCn1cc(C(C)(C)O)nn1. The average molecular weight is 213 g/mol. The molecule has 1 aromatic heterocycles. The van der Waals surface area contributed by atoms with E-state index in [0.717, 1.165) is 0 Å². The van der Waals surface area contributed by atoms with Gasteiger partial charge in [-0.2, -0.15) is 0 Å². The molecule has 0 aliphatic rings. The van der Waals surface area contributed by atoms with Crippen LogP contribution in [0.15, 0.2) is 6.20 Å². The van der Waals surface area contributed by atoms with Crippen molar-refractivity contribution < 1.29 is 14.6 Å². The van der Waals surface area contributed by atoms with Crippen molar-refractivity contribution in [3.63, 3.8) is 0 Å². The van der Waals surface area contributed by atoms with E-state index in [1.54, 1.807) is 20.0 Å². The number of hydrogen-bond donors (Lipinski definition) is 1. The van der Waals surface area contributed by atoms with Crippen LogP contribution in [0.1, 0.15) is 26.0 Å². The summed E-state index contributed by atoms with van der Waals surface area (Å²) >= 11 is 0. The van der Waals surface area contributed by atoms with E-state index in [4.69, 9.17) is 0 Å². The normalized spacial score (nSPS) is 11.5. The third kappa shape index (κ3) is 3.32. The molecule has 0 spiro atoms. The molecule has 0 atom stereocenters. The molecule has 15 heavy (non-hydrogen) atoms. The fourth-order valence-corrected chi connectivity index (χ4v) is 0.996. The molecule has 0 unspecified atom stereocenters. The number of esters is 1. The number of carbonyl (C=O) groups is 1. The summed E-state index contributed by atoms with van der Waals surface area (Å²) in [5, 5.41) is 17.2. The van der Waals surface area contributed by atoms with E-state index in [0.29, 0.717) is 12.2 Å². The van der Waals surface area contributed by atoms with E-state index < -0.39 is 5.60 Å². The van der Waals surface area contributed by atoms with Gasteiger partial charge in [0.1, 0.15) is 11.3 Å². The molecule has 0 aliphatic heterocycles. The maximum absolute atomic E-state index is 10.9. The van der Waals surface area contributed by atoms with E-state index in [1.807, 2.05) is 0 Å². The first-order valence-electron chi connectivity index (χ1n) is 4.63. The largest absolute Gasteiger partial charge is 0.469 e. The van der Waals surface area contributed by atoms with Crippen molar-refractivity contribution in [2.45, 2.75) is 32.4 Å². The zero-order chi connectivity index (χ0) is 11.5. The first kappa shape index (κ1) is 11.6. The van der Waals surface area contributed by atoms with Crippen molar-refractivity contribution in [2.24, 2.45) is 0 Å². The van der Waals surface area contributed by atoms with Crippen LogP contribution in [0.4, 0.5) is 0 Å². The highest BCUT2D eigenvalue weighted by molar-refractivity contribution is 5.68. The first-order chi connectivity index (χ1) is 6.93. The minimum Gasteiger partial charge on any atom is -0.469 e. The lowest BCUT2D eigenvalue weighted by molar-refractivity contribution is -0.140. The van der Waals surface area contributed by atoms with Crippen LogP contribution in [0.2, 0.25) is 0 Å². The van der Waals surface area contributed by atoms with Crippen molar-refractivity contribution in [2.75, 3.05) is 7.11 Å². The van der Waals surface area contributed by atoms with Crippen LogP contribution in [0, 0.1) is 0 Å². The van der Waals surface area contributed by atoms with E-state index in [9.17, 15) is 9.90 Å². The Bertz CT molecular complexity index is 341. The van der Waals surface area contributed by atoms with Gasteiger partial charge in [-0.3, -0.25) is 9.48 Å². The lowest BCUT2D eigenvalue weighted by Gasteiger charge is -2.11. The number of aromatic nitrogens is 3. The summed E-state index contributed by atoms with van der Waals surface area (Å²) in [5.41, 5.74) is -0.531. The monoisotopic (exact) mass is 213 g/mol. The van der Waals surface area contributed by atoms with Gasteiger partial charge in [0.15, 0.2) is 0 Å². The predicted molar refractivity (Wildman–Crippen MR) is 51.9 cm³/mol. The van der Waals surface area contributed by atoms with Gasteiger partial charge in [-0.1, -0.05) is 5.21 Å². The second kappa shape index (κ2) is 4.39. The van der Waals surface area contributed by atoms with Gasteiger partial charge >= 0.3 is 5.97 Å². The van der Waals surface area contributed by atoms with Crippen molar-refractivity contribution in [3.05, 3.63) is 11.9 Å². The molecule has 0 amide bonds. The van der Waals surface area contributed by atoms with Crippen LogP contribution in [0.3, 0.4) is 0 Å². The van der Waals surface area contributed by atoms with Crippen LogP contribution in [0.25, 0.3) is 0 Å².